The van der Waals surface area contributed by atoms with Crippen molar-refractivity contribution in [3.63, 3.8) is 0 Å². The summed E-state index contributed by atoms with van der Waals surface area (Å²) in [6.45, 7) is 10.6. The van der Waals surface area contributed by atoms with Gasteiger partial charge in [-0.25, -0.2) is 4.79 Å². The van der Waals surface area contributed by atoms with Crippen molar-refractivity contribution in [2.45, 2.75) is 26.3 Å². The minimum Gasteiger partial charge on any atom is -0.478 e. The van der Waals surface area contributed by atoms with Crippen molar-refractivity contribution in [2.24, 2.45) is 0 Å². The van der Waals surface area contributed by atoms with Crippen LogP contribution in [0.2, 0.25) is 0 Å². The summed E-state index contributed by atoms with van der Waals surface area (Å²) in [7, 11) is 0. The number of allylic oxidation sites excluding steroid dienone is 5. The van der Waals surface area contributed by atoms with E-state index in [0.717, 1.165) is 68.2 Å². The van der Waals surface area contributed by atoms with Crippen LogP contribution in [-0.2, 0) is 9.47 Å². The van der Waals surface area contributed by atoms with Crippen LogP contribution >= 0.6 is 0 Å². The molecule has 2 aromatic rings. The van der Waals surface area contributed by atoms with E-state index in [1.165, 1.54) is 11.1 Å². The molecule has 7 heteroatoms. The molecule has 1 N–H and O–H groups in total. The van der Waals surface area contributed by atoms with E-state index in [1.54, 1.807) is 6.07 Å². The molecule has 180 valence electrons. The molecule has 7 nitrogen and oxygen atoms in total. The van der Waals surface area contributed by atoms with Gasteiger partial charge in [-0.2, -0.15) is 0 Å². The average Bonchev–Trinajstić information content (AvgIpc) is 3.28. The molecule has 0 bridgehead atoms. The number of hydrogen-bond donors (Lipinski definition) is 1. The number of ether oxygens (including phenoxy) is 2. The molecule has 4 heterocycles. The molecule has 0 radical (unpaired) electrons. The van der Waals surface area contributed by atoms with Crippen LogP contribution in [0.5, 0.6) is 0 Å². The van der Waals surface area contributed by atoms with Crippen LogP contribution < -0.4 is 0 Å². The van der Waals surface area contributed by atoms with Gasteiger partial charge in [0.15, 0.2) is 0 Å². The Hall–Kier alpha value is -2.87. The first-order chi connectivity index (χ1) is 16.5. The van der Waals surface area contributed by atoms with Crippen LogP contribution in [0.4, 0.5) is 0 Å². The van der Waals surface area contributed by atoms with Crippen molar-refractivity contribution in [3.05, 3.63) is 70.7 Å². The second-order valence-corrected chi connectivity index (χ2v) is 9.30. The van der Waals surface area contributed by atoms with Gasteiger partial charge >= 0.3 is 5.97 Å². The fourth-order valence-corrected chi connectivity index (χ4v) is 5.28. The van der Waals surface area contributed by atoms with Gasteiger partial charge in [0.1, 0.15) is 0 Å². The van der Waals surface area contributed by atoms with Gasteiger partial charge < -0.3 is 23.9 Å². The maximum atomic E-state index is 12.1. The van der Waals surface area contributed by atoms with Crippen LogP contribution in [0.15, 0.2) is 48.3 Å². The van der Waals surface area contributed by atoms with Crippen molar-refractivity contribution in [1.29, 1.82) is 0 Å². The molecule has 2 fully saturated rings. The zero-order chi connectivity index (χ0) is 23.7. The van der Waals surface area contributed by atoms with Crippen LogP contribution in [0.25, 0.3) is 11.1 Å². The summed E-state index contributed by atoms with van der Waals surface area (Å²) >= 11 is 0. The molecule has 1 unspecified atom stereocenters. The molecule has 0 aromatic carbocycles. The van der Waals surface area contributed by atoms with Gasteiger partial charge in [0.05, 0.1) is 32.0 Å². The van der Waals surface area contributed by atoms with E-state index >= 15 is 0 Å². The monoisotopic (exact) mass is 463 g/mol. The smallest absolute Gasteiger partial charge is 0.336 e. The van der Waals surface area contributed by atoms with Crippen molar-refractivity contribution in [1.82, 2.24) is 14.2 Å². The summed E-state index contributed by atoms with van der Waals surface area (Å²) in [5, 5.41) is 9.90. The van der Waals surface area contributed by atoms with Gasteiger partial charge in [-0.05, 0) is 54.7 Å². The van der Waals surface area contributed by atoms with Crippen molar-refractivity contribution in [2.75, 3.05) is 52.6 Å². The number of carboxylic acid groups (broad SMARTS) is 1. The van der Waals surface area contributed by atoms with Crippen LogP contribution in [-0.4, -0.2) is 77.9 Å². The zero-order valence-corrected chi connectivity index (χ0v) is 20.0. The summed E-state index contributed by atoms with van der Waals surface area (Å²) in [5.41, 5.74) is 6.81. The van der Waals surface area contributed by atoms with E-state index in [2.05, 4.69) is 57.8 Å². The largest absolute Gasteiger partial charge is 0.478 e. The second kappa shape index (κ2) is 9.78. The minimum atomic E-state index is -0.881. The fraction of sp³-hybridized carbons (Fsp3) is 0.444. The molecule has 5 rings (SSSR count). The van der Waals surface area contributed by atoms with Gasteiger partial charge in [-0.3, -0.25) is 4.90 Å². The third-order valence-corrected chi connectivity index (χ3v) is 7.18. The number of carboxylic acids is 1. The number of nitrogens with zero attached hydrogens (tertiary/aromatic N) is 3. The number of fused-ring (bicyclic) bond motifs is 1. The Kier molecular flexibility index (Phi) is 6.59. The van der Waals surface area contributed by atoms with E-state index in [9.17, 15) is 9.90 Å². The first-order valence-electron chi connectivity index (χ1n) is 12.1. The number of carbonyl (C=O) groups is 1. The van der Waals surface area contributed by atoms with Gasteiger partial charge in [-0.1, -0.05) is 18.2 Å². The lowest BCUT2D eigenvalue weighted by atomic mass is 9.96. The van der Waals surface area contributed by atoms with E-state index in [0.29, 0.717) is 18.8 Å². The van der Waals surface area contributed by atoms with Crippen molar-refractivity contribution in [3.8, 4) is 0 Å². The van der Waals surface area contributed by atoms with Gasteiger partial charge in [-0.15, -0.1) is 0 Å². The maximum Gasteiger partial charge on any atom is 0.336 e. The fourth-order valence-electron chi connectivity index (χ4n) is 5.28. The summed E-state index contributed by atoms with van der Waals surface area (Å²) < 4.78 is 13.2. The molecule has 0 amide bonds. The van der Waals surface area contributed by atoms with Crippen LogP contribution in [0, 0.1) is 6.92 Å². The van der Waals surface area contributed by atoms with Gasteiger partial charge in [0.25, 0.3) is 0 Å². The SMILES string of the molecule is Cc1c(C(=O)O)cc2cc(C3=CC=CC(=CN4CCOCC4)C3)cn2c1C(C)N1CCOCC1. The highest BCUT2D eigenvalue weighted by Crippen LogP contribution is 2.33. The number of pyridine rings is 1. The van der Waals surface area contributed by atoms with Crippen LogP contribution in [0.1, 0.15) is 46.6 Å². The number of morpholine rings is 2. The molecule has 1 atom stereocenters. The quantitative estimate of drug-likeness (QED) is 0.726. The predicted octanol–water partition coefficient (Wildman–Crippen LogP) is 3.90. The van der Waals surface area contributed by atoms with Crippen LogP contribution in [0.3, 0.4) is 0 Å². The second-order valence-electron chi connectivity index (χ2n) is 9.30. The molecule has 0 saturated carbocycles. The Balaban J connectivity index is 1.51. The number of hydrogen-bond acceptors (Lipinski definition) is 5. The normalized spacial score (nSPS) is 21.8. The third kappa shape index (κ3) is 4.56. The molecular formula is C27H33N3O4. The number of aromatic nitrogens is 1. The standard InChI is InChI=1S/C27H33N3O4/c1-19-25(27(31)32)16-24-15-23(18-30(24)26(19)20(2)29-8-12-34-13-9-29)22-5-3-4-21(14-22)17-28-6-10-33-11-7-28/h3-5,15-18,20H,6-14H2,1-2H3,(H,31,32). The lowest BCUT2D eigenvalue weighted by molar-refractivity contribution is 0.0187. The Morgan fingerprint density at radius 1 is 1.09 bits per heavy atom. The van der Waals surface area contributed by atoms with E-state index in [-0.39, 0.29) is 6.04 Å². The lowest BCUT2D eigenvalue weighted by Gasteiger charge is -2.34. The molecule has 0 spiro atoms. The number of rotatable bonds is 5. The highest BCUT2D eigenvalue weighted by atomic mass is 16.5. The van der Waals surface area contributed by atoms with Crippen molar-refractivity contribution >= 4 is 17.1 Å². The average molecular weight is 464 g/mol. The first-order valence-corrected chi connectivity index (χ1v) is 12.1. The van der Waals surface area contributed by atoms with E-state index in [1.807, 2.05) is 6.92 Å². The maximum absolute atomic E-state index is 12.1. The third-order valence-electron chi connectivity index (χ3n) is 7.18. The highest BCUT2D eigenvalue weighted by molar-refractivity contribution is 5.91. The first kappa shape index (κ1) is 22.9. The van der Waals surface area contributed by atoms with E-state index in [4.69, 9.17) is 9.47 Å². The molecular weight excluding hydrogens is 430 g/mol. The minimum absolute atomic E-state index is 0.0861. The Morgan fingerprint density at radius 3 is 2.50 bits per heavy atom. The van der Waals surface area contributed by atoms with Crippen molar-refractivity contribution < 1.29 is 19.4 Å². The highest BCUT2D eigenvalue weighted by Gasteiger charge is 2.26. The Labute approximate surface area is 200 Å². The molecule has 1 aliphatic carbocycles. The summed E-state index contributed by atoms with van der Waals surface area (Å²) in [6.07, 6.45) is 11.7. The Bertz CT molecular complexity index is 1160. The summed E-state index contributed by atoms with van der Waals surface area (Å²) in [6, 6.07) is 4.02. The Morgan fingerprint density at radius 2 is 1.79 bits per heavy atom. The molecule has 2 saturated heterocycles. The number of aromatic carboxylic acids is 1. The summed E-state index contributed by atoms with van der Waals surface area (Å²) in [5.74, 6) is -0.881. The van der Waals surface area contributed by atoms with E-state index < -0.39 is 5.97 Å². The molecule has 34 heavy (non-hydrogen) atoms. The summed E-state index contributed by atoms with van der Waals surface area (Å²) in [4.78, 5) is 16.8. The molecule has 3 aliphatic rings. The predicted molar refractivity (Wildman–Crippen MR) is 132 cm³/mol. The van der Waals surface area contributed by atoms with Gasteiger partial charge in [0.2, 0.25) is 0 Å². The lowest BCUT2D eigenvalue weighted by Crippen LogP contribution is -2.39. The molecule has 2 aromatic heterocycles. The van der Waals surface area contributed by atoms with Gasteiger partial charge in [0, 0.05) is 55.8 Å². The zero-order valence-electron chi connectivity index (χ0n) is 20.0. The molecule has 2 aliphatic heterocycles. The topological polar surface area (TPSA) is 66.6 Å².